The van der Waals surface area contributed by atoms with Crippen molar-refractivity contribution in [2.45, 2.75) is 19.4 Å². The molecule has 0 N–H and O–H groups in total. The van der Waals surface area contributed by atoms with E-state index in [9.17, 15) is 4.79 Å². The second-order valence-electron chi connectivity index (χ2n) is 4.11. The summed E-state index contributed by atoms with van der Waals surface area (Å²) in [5, 5.41) is 7.88. The van der Waals surface area contributed by atoms with Crippen LogP contribution in [0.5, 0.6) is 0 Å². The van der Waals surface area contributed by atoms with Gasteiger partial charge in [0.1, 0.15) is 6.61 Å². The van der Waals surface area contributed by atoms with Gasteiger partial charge in [0.15, 0.2) is 5.69 Å². The minimum absolute atomic E-state index is 0.165. The van der Waals surface area contributed by atoms with E-state index in [0.29, 0.717) is 18.9 Å². The van der Waals surface area contributed by atoms with Crippen molar-refractivity contribution >= 4 is 5.97 Å². The Balaban J connectivity index is 2.02. The van der Waals surface area contributed by atoms with Crippen LogP contribution in [0.3, 0.4) is 0 Å². The summed E-state index contributed by atoms with van der Waals surface area (Å²) < 4.78 is 16.9. The quantitative estimate of drug-likeness (QED) is 0.558. The molecule has 0 bridgehead atoms. The summed E-state index contributed by atoms with van der Waals surface area (Å²) in [5.74, 6) is -0.463. The first-order chi connectivity index (χ1) is 8.74. The van der Waals surface area contributed by atoms with Gasteiger partial charge in [-0.15, -0.1) is 5.10 Å². The van der Waals surface area contributed by atoms with Gasteiger partial charge < -0.3 is 14.2 Å². The van der Waals surface area contributed by atoms with Crippen LogP contribution in [0.15, 0.2) is 0 Å². The first-order valence-electron chi connectivity index (χ1n) is 5.89. The van der Waals surface area contributed by atoms with Crippen molar-refractivity contribution in [3.8, 4) is 0 Å². The van der Waals surface area contributed by atoms with E-state index >= 15 is 0 Å². The largest absolute Gasteiger partial charge is 0.458 e. The first kappa shape index (κ1) is 13.0. The molecule has 0 aromatic carbocycles. The van der Waals surface area contributed by atoms with Crippen molar-refractivity contribution in [1.29, 1.82) is 0 Å². The molecule has 7 heteroatoms. The molecule has 1 aliphatic heterocycles. The fraction of sp³-hybridized carbons (Fsp3) is 0.727. The van der Waals surface area contributed by atoms with Gasteiger partial charge in [-0.25, -0.2) is 9.48 Å². The van der Waals surface area contributed by atoms with E-state index in [1.165, 1.54) is 0 Å². The van der Waals surface area contributed by atoms with Crippen LogP contribution in [0.4, 0.5) is 0 Å². The van der Waals surface area contributed by atoms with Gasteiger partial charge in [-0.2, -0.15) is 0 Å². The Hall–Kier alpha value is -1.47. The van der Waals surface area contributed by atoms with Gasteiger partial charge in [-0.3, -0.25) is 0 Å². The predicted molar refractivity (Wildman–Crippen MR) is 61.4 cm³/mol. The van der Waals surface area contributed by atoms with Gasteiger partial charge in [-0.1, -0.05) is 5.21 Å². The van der Waals surface area contributed by atoms with Crippen LogP contribution in [-0.2, 0) is 14.2 Å². The fourth-order valence-electron chi connectivity index (χ4n) is 1.88. The van der Waals surface area contributed by atoms with Gasteiger partial charge in [0.05, 0.1) is 24.9 Å². The lowest BCUT2D eigenvalue weighted by atomic mass is 10.2. The zero-order valence-corrected chi connectivity index (χ0v) is 10.6. The molecule has 1 aromatic rings. The van der Waals surface area contributed by atoms with Crippen LogP contribution >= 0.6 is 0 Å². The zero-order valence-electron chi connectivity index (χ0n) is 10.6. The molecular formula is C11H17N3O4. The van der Waals surface area contributed by atoms with Crippen molar-refractivity contribution in [3.63, 3.8) is 0 Å². The summed E-state index contributed by atoms with van der Waals surface area (Å²) >= 11 is 0. The number of carbonyl (C=O) groups excluding carboxylic acids is 1. The second kappa shape index (κ2) is 5.92. The number of hydrogen-bond donors (Lipinski definition) is 0. The molecular weight excluding hydrogens is 238 g/mol. The smallest absolute Gasteiger partial charge is 0.360 e. The van der Waals surface area contributed by atoms with Crippen LogP contribution in [0.25, 0.3) is 0 Å². The van der Waals surface area contributed by atoms with E-state index in [2.05, 4.69) is 10.3 Å². The first-order valence-corrected chi connectivity index (χ1v) is 5.89. The average molecular weight is 255 g/mol. The van der Waals surface area contributed by atoms with Gasteiger partial charge >= 0.3 is 5.97 Å². The lowest BCUT2D eigenvalue weighted by molar-refractivity contribution is 0.0380. The normalized spacial score (nSPS) is 19.1. The third-order valence-electron chi connectivity index (χ3n) is 2.89. The minimum atomic E-state index is -0.463. The maximum Gasteiger partial charge on any atom is 0.360 e. The monoisotopic (exact) mass is 255 g/mol. The molecule has 0 spiro atoms. The van der Waals surface area contributed by atoms with E-state index < -0.39 is 5.97 Å². The van der Waals surface area contributed by atoms with Crippen molar-refractivity contribution in [2.75, 3.05) is 33.5 Å². The van der Waals surface area contributed by atoms with Crippen LogP contribution in [0.1, 0.15) is 28.6 Å². The topological polar surface area (TPSA) is 75.5 Å². The van der Waals surface area contributed by atoms with Crippen molar-refractivity contribution < 1.29 is 19.0 Å². The predicted octanol–water partition coefficient (Wildman–Crippen LogP) is 0.351. The van der Waals surface area contributed by atoms with Crippen LogP contribution in [-0.4, -0.2) is 54.5 Å². The highest BCUT2D eigenvalue weighted by Gasteiger charge is 2.25. The molecule has 2 heterocycles. The molecule has 0 saturated carbocycles. The summed E-state index contributed by atoms with van der Waals surface area (Å²) in [5.41, 5.74) is 0.978. The molecule has 1 aromatic heterocycles. The standard InChI is InChI=1S/C11H17N3O4/c1-8-10(11(15)18-6-5-16-2)12-13-14(8)9-3-4-17-7-9/h9H,3-7H2,1-2H3. The zero-order chi connectivity index (χ0) is 13.0. The third kappa shape index (κ3) is 2.68. The van der Waals surface area contributed by atoms with Crippen molar-refractivity contribution in [2.24, 2.45) is 0 Å². The minimum Gasteiger partial charge on any atom is -0.458 e. The Bertz CT molecular complexity index is 412. The highest BCUT2D eigenvalue weighted by atomic mass is 16.6. The van der Waals surface area contributed by atoms with Gasteiger partial charge in [0.2, 0.25) is 0 Å². The molecule has 1 atom stereocenters. The Morgan fingerprint density at radius 3 is 3.06 bits per heavy atom. The second-order valence-corrected chi connectivity index (χ2v) is 4.11. The molecule has 100 valence electrons. The number of hydrogen-bond acceptors (Lipinski definition) is 6. The summed E-state index contributed by atoms with van der Waals surface area (Å²) in [7, 11) is 1.55. The van der Waals surface area contributed by atoms with Crippen LogP contribution < -0.4 is 0 Å². The third-order valence-corrected chi connectivity index (χ3v) is 2.89. The SMILES string of the molecule is COCCOC(=O)c1nnn(C2CCOC2)c1C. The molecule has 0 radical (unpaired) electrons. The average Bonchev–Trinajstić information content (AvgIpc) is 2.98. The molecule has 2 rings (SSSR count). The molecule has 18 heavy (non-hydrogen) atoms. The molecule has 1 unspecified atom stereocenters. The van der Waals surface area contributed by atoms with E-state index in [1.807, 2.05) is 6.92 Å². The van der Waals surface area contributed by atoms with Crippen molar-refractivity contribution in [3.05, 3.63) is 11.4 Å². The fourth-order valence-corrected chi connectivity index (χ4v) is 1.88. The maximum atomic E-state index is 11.7. The Morgan fingerprint density at radius 2 is 2.39 bits per heavy atom. The number of esters is 1. The highest BCUT2D eigenvalue weighted by molar-refractivity contribution is 5.88. The Morgan fingerprint density at radius 1 is 1.56 bits per heavy atom. The molecule has 1 fully saturated rings. The number of ether oxygens (including phenoxy) is 3. The van der Waals surface area contributed by atoms with Crippen LogP contribution in [0.2, 0.25) is 0 Å². The summed E-state index contributed by atoms with van der Waals surface area (Å²) in [4.78, 5) is 11.7. The summed E-state index contributed by atoms with van der Waals surface area (Å²) in [6.45, 7) is 3.73. The van der Waals surface area contributed by atoms with E-state index in [-0.39, 0.29) is 18.3 Å². The molecule has 1 aliphatic rings. The number of rotatable bonds is 5. The number of methoxy groups -OCH3 is 1. The molecule has 0 aliphatic carbocycles. The number of nitrogens with zero attached hydrogens (tertiary/aromatic N) is 3. The maximum absolute atomic E-state index is 11.7. The lowest BCUT2D eigenvalue weighted by Gasteiger charge is -2.09. The van der Waals surface area contributed by atoms with E-state index in [4.69, 9.17) is 14.2 Å². The lowest BCUT2D eigenvalue weighted by Crippen LogP contribution is -2.14. The van der Waals surface area contributed by atoms with E-state index in [0.717, 1.165) is 13.0 Å². The number of aromatic nitrogens is 3. The van der Waals surface area contributed by atoms with Gasteiger partial charge in [0.25, 0.3) is 0 Å². The van der Waals surface area contributed by atoms with Crippen LogP contribution in [0, 0.1) is 6.92 Å². The molecule has 7 nitrogen and oxygen atoms in total. The Labute approximate surface area is 105 Å². The summed E-state index contributed by atoms with van der Waals surface area (Å²) in [6, 6.07) is 0.165. The van der Waals surface area contributed by atoms with Gasteiger partial charge in [0, 0.05) is 13.7 Å². The molecule has 1 saturated heterocycles. The van der Waals surface area contributed by atoms with Gasteiger partial charge in [-0.05, 0) is 13.3 Å². The molecule has 0 amide bonds. The Kier molecular flexibility index (Phi) is 4.27. The number of carbonyl (C=O) groups is 1. The summed E-state index contributed by atoms with van der Waals surface area (Å²) in [6.07, 6.45) is 0.891. The van der Waals surface area contributed by atoms with Crippen molar-refractivity contribution in [1.82, 2.24) is 15.0 Å². The van der Waals surface area contributed by atoms with E-state index in [1.54, 1.807) is 11.8 Å². The highest BCUT2D eigenvalue weighted by Crippen LogP contribution is 2.20.